The van der Waals surface area contributed by atoms with Crippen molar-refractivity contribution in [2.75, 3.05) is 26.3 Å². The van der Waals surface area contributed by atoms with Gasteiger partial charge in [0.15, 0.2) is 6.04 Å². The maximum Gasteiger partial charge on any atom is 0.219 e. The van der Waals surface area contributed by atoms with Gasteiger partial charge < -0.3 is 9.64 Å². The van der Waals surface area contributed by atoms with Crippen molar-refractivity contribution in [3.63, 3.8) is 0 Å². The van der Waals surface area contributed by atoms with E-state index in [1.54, 1.807) is 4.68 Å². The number of morpholine rings is 1. The zero-order valence-electron chi connectivity index (χ0n) is 14.0. The number of quaternary nitrogens is 1. The normalized spacial score (nSPS) is 16.5. The molecule has 1 aliphatic rings. The van der Waals surface area contributed by atoms with Crippen molar-refractivity contribution in [2.45, 2.75) is 6.04 Å². The highest BCUT2D eigenvalue weighted by molar-refractivity contribution is 6.31. The van der Waals surface area contributed by atoms with E-state index in [1.807, 2.05) is 48.5 Å². The van der Waals surface area contributed by atoms with Gasteiger partial charge in [0.2, 0.25) is 5.82 Å². The predicted octanol–water partition coefficient (Wildman–Crippen LogP) is 1.97. The van der Waals surface area contributed by atoms with E-state index in [1.165, 1.54) is 4.90 Å². The summed E-state index contributed by atoms with van der Waals surface area (Å²) in [7, 11) is 0. The van der Waals surface area contributed by atoms with Crippen LogP contribution in [0, 0.1) is 0 Å². The van der Waals surface area contributed by atoms with Gasteiger partial charge in [0.25, 0.3) is 0 Å². The Bertz CT molecular complexity index is 877. The van der Waals surface area contributed by atoms with Crippen LogP contribution in [-0.2, 0) is 4.74 Å². The number of hydrogen-bond acceptors (Lipinski definition) is 4. The van der Waals surface area contributed by atoms with Crippen molar-refractivity contribution < 1.29 is 9.64 Å². The molecule has 1 aliphatic heterocycles. The number of nitrogens with one attached hydrogen (secondary N) is 1. The molecule has 0 radical (unpaired) electrons. The van der Waals surface area contributed by atoms with Crippen molar-refractivity contribution >= 4 is 23.2 Å². The lowest BCUT2D eigenvalue weighted by Crippen LogP contribution is -3.14. The highest BCUT2D eigenvalue weighted by Crippen LogP contribution is 2.26. The molecule has 0 saturated carbocycles. The molecule has 4 rings (SSSR count). The van der Waals surface area contributed by atoms with Gasteiger partial charge in [-0.3, -0.25) is 0 Å². The Hall–Kier alpha value is -1.99. The van der Waals surface area contributed by atoms with E-state index in [-0.39, 0.29) is 6.04 Å². The van der Waals surface area contributed by atoms with Crippen molar-refractivity contribution in [3.05, 3.63) is 70.0 Å². The number of nitrogens with zero attached hydrogens (tertiary/aromatic N) is 4. The maximum atomic E-state index is 6.53. The standard InChI is InChI=1S/C18H17Cl2N5O/c19-13-5-7-14(8-6-13)25-18(21-22-23-25)17(24-9-11-26-12-10-24)15-3-1-2-4-16(15)20/h1-8,17H,9-12H2/p+1/t17-/m0/s1. The average Bonchev–Trinajstić information content (AvgIpc) is 3.14. The van der Waals surface area contributed by atoms with Crippen molar-refractivity contribution in [2.24, 2.45) is 0 Å². The molecule has 6 nitrogen and oxygen atoms in total. The number of tetrazole rings is 1. The minimum atomic E-state index is -0.0849. The minimum Gasteiger partial charge on any atom is -0.370 e. The Labute approximate surface area is 161 Å². The maximum absolute atomic E-state index is 6.53. The van der Waals surface area contributed by atoms with Crippen LogP contribution in [0.2, 0.25) is 10.0 Å². The van der Waals surface area contributed by atoms with Crippen LogP contribution in [0.4, 0.5) is 0 Å². The van der Waals surface area contributed by atoms with Crippen molar-refractivity contribution in [1.82, 2.24) is 20.2 Å². The summed E-state index contributed by atoms with van der Waals surface area (Å²) >= 11 is 12.6. The van der Waals surface area contributed by atoms with Crippen molar-refractivity contribution in [1.29, 1.82) is 0 Å². The third-order valence-corrected chi connectivity index (χ3v) is 5.18. The zero-order chi connectivity index (χ0) is 17.9. The van der Waals surface area contributed by atoms with E-state index in [2.05, 4.69) is 15.5 Å². The van der Waals surface area contributed by atoms with Crippen LogP contribution in [0.25, 0.3) is 5.69 Å². The molecule has 0 unspecified atom stereocenters. The number of hydrogen-bond donors (Lipinski definition) is 1. The molecule has 0 amide bonds. The van der Waals surface area contributed by atoms with E-state index in [9.17, 15) is 0 Å². The lowest BCUT2D eigenvalue weighted by atomic mass is 10.0. The fourth-order valence-electron chi connectivity index (χ4n) is 3.31. The van der Waals surface area contributed by atoms with Crippen LogP contribution < -0.4 is 4.90 Å². The summed E-state index contributed by atoms with van der Waals surface area (Å²) in [6.07, 6.45) is 0. The van der Waals surface area contributed by atoms with E-state index in [0.717, 1.165) is 30.2 Å². The summed E-state index contributed by atoms with van der Waals surface area (Å²) < 4.78 is 7.29. The smallest absolute Gasteiger partial charge is 0.219 e. The fraction of sp³-hybridized carbons (Fsp3) is 0.278. The van der Waals surface area contributed by atoms with Crippen LogP contribution in [0.5, 0.6) is 0 Å². The molecule has 0 aliphatic carbocycles. The third kappa shape index (κ3) is 3.46. The highest BCUT2D eigenvalue weighted by Gasteiger charge is 2.34. The van der Waals surface area contributed by atoms with Gasteiger partial charge in [-0.2, -0.15) is 4.68 Å². The summed E-state index contributed by atoms with van der Waals surface area (Å²) in [5.74, 6) is 0.748. The van der Waals surface area contributed by atoms with Gasteiger partial charge in [0.05, 0.1) is 23.9 Å². The molecule has 3 aromatic rings. The molecular weight excluding hydrogens is 373 g/mol. The number of aromatic nitrogens is 4. The molecule has 1 aromatic heterocycles. The first-order valence-corrected chi connectivity index (χ1v) is 9.20. The van der Waals surface area contributed by atoms with E-state index >= 15 is 0 Å². The Morgan fingerprint density at radius 3 is 2.46 bits per heavy atom. The second kappa shape index (κ2) is 7.72. The predicted molar refractivity (Wildman–Crippen MR) is 99.0 cm³/mol. The molecular formula is C18H18Cl2N5O+. The molecule has 0 bridgehead atoms. The van der Waals surface area contributed by atoms with Crippen LogP contribution in [-0.4, -0.2) is 46.5 Å². The third-order valence-electron chi connectivity index (χ3n) is 4.58. The quantitative estimate of drug-likeness (QED) is 0.739. The van der Waals surface area contributed by atoms with E-state index in [0.29, 0.717) is 23.3 Å². The van der Waals surface area contributed by atoms with Gasteiger partial charge in [0.1, 0.15) is 13.1 Å². The molecule has 1 atom stereocenters. The van der Waals surface area contributed by atoms with Gasteiger partial charge in [-0.15, -0.1) is 5.10 Å². The number of rotatable bonds is 4. The molecule has 26 heavy (non-hydrogen) atoms. The highest BCUT2D eigenvalue weighted by atomic mass is 35.5. The topological polar surface area (TPSA) is 57.3 Å². The van der Waals surface area contributed by atoms with E-state index in [4.69, 9.17) is 27.9 Å². The number of ether oxygens (including phenoxy) is 1. The largest absolute Gasteiger partial charge is 0.370 e. The minimum absolute atomic E-state index is 0.0849. The van der Waals surface area contributed by atoms with Crippen LogP contribution >= 0.6 is 23.2 Å². The second-order valence-corrected chi connectivity index (χ2v) is 6.99. The summed E-state index contributed by atoms with van der Waals surface area (Å²) in [4.78, 5) is 1.33. The molecule has 1 fully saturated rings. The van der Waals surface area contributed by atoms with Gasteiger partial charge in [0, 0.05) is 10.6 Å². The molecule has 1 N–H and O–H groups in total. The lowest BCUT2D eigenvalue weighted by Gasteiger charge is -2.31. The molecule has 8 heteroatoms. The van der Waals surface area contributed by atoms with E-state index < -0.39 is 0 Å². The van der Waals surface area contributed by atoms with Gasteiger partial charge >= 0.3 is 0 Å². The molecule has 1 saturated heterocycles. The summed E-state index contributed by atoms with van der Waals surface area (Å²) in [6, 6.07) is 15.2. The molecule has 2 aromatic carbocycles. The van der Waals surface area contributed by atoms with Gasteiger partial charge in [-0.25, -0.2) is 0 Å². The number of halogens is 2. The van der Waals surface area contributed by atoms with Crippen LogP contribution in [0.15, 0.2) is 48.5 Å². The van der Waals surface area contributed by atoms with Gasteiger partial charge in [-0.05, 0) is 40.8 Å². The first kappa shape index (κ1) is 17.4. The average molecular weight is 391 g/mol. The number of benzene rings is 2. The summed E-state index contributed by atoms with van der Waals surface area (Å²) in [6.45, 7) is 3.14. The fourth-order valence-corrected chi connectivity index (χ4v) is 3.68. The van der Waals surface area contributed by atoms with Crippen LogP contribution in [0.3, 0.4) is 0 Å². The van der Waals surface area contributed by atoms with Crippen molar-refractivity contribution in [3.8, 4) is 5.69 Å². The van der Waals surface area contributed by atoms with Gasteiger partial charge in [-0.1, -0.05) is 41.4 Å². The first-order chi connectivity index (χ1) is 12.7. The Morgan fingerprint density at radius 1 is 1.00 bits per heavy atom. The molecule has 2 heterocycles. The SMILES string of the molecule is Clc1ccc(-n2nnnc2[C@H](c2ccccc2Cl)[NH+]2CCOCC2)cc1. The molecule has 0 spiro atoms. The Kier molecular flexibility index (Phi) is 5.17. The monoisotopic (exact) mass is 390 g/mol. The summed E-state index contributed by atoms with van der Waals surface area (Å²) in [5.41, 5.74) is 1.87. The second-order valence-electron chi connectivity index (χ2n) is 6.15. The Morgan fingerprint density at radius 2 is 1.73 bits per heavy atom. The Balaban J connectivity index is 1.81. The summed E-state index contributed by atoms with van der Waals surface area (Å²) in [5, 5.41) is 13.9. The molecule has 134 valence electrons. The van der Waals surface area contributed by atoms with Crippen LogP contribution in [0.1, 0.15) is 17.4 Å². The lowest BCUT2D eigenvalue weighted by molar-refractivity contribution is -0.933. The first-order valence-electron chi connectivity index (χ1n) is 8.45. The zero-order valence-corrected chi connectivity index (χ0v) is 15.5.